The number of allylic oxidation sites excluding steroid dienone is 2. The Morgan fingerprint density at radius 1 is 1.67 bits per heavy atom. The first kappa shape index (κ1) is 10.4. The highest BCUT2D eigenvalue weighted by atomic mass is 16.6. The van der Waals surface area contributed by atoms with Gasteiger partial charge in [0.25, 0.3) is 5.70 Å². The molecule has 0 rings (SSSR count). The standard InChI is InChI=1S/C8H11NO3/c1-4-8(5-6-12-3)7(2)9(10)11/h4-6H,2H2,1,3H3/b6-5+,8-4-. The summed E-state index contributed by atoms with van der Waals surface area (Å²) in [5.74, 6) is 0. The highest BCUT2D eigenvalue weighted by Gasteiger charge is 2.09. The van der Waals surface area contributed by atoms with Gasteiger partial charge < -0.3 is 4.74 Å². The zero-order valence-corrected chi connectivity index (χ0v) is 7.11. The van der Waals surface area contributed by atoms with E-state index in [0.717, 1.165) is 0 Å². The number of methoxy groups -OCH3 is 1. The molecule has 4 heteroatoms. The van der Waals surface area contributed by atoms with E-state index in [0.29, 0.717) is 5.57 Å². The Bertz CT molecular complexity index is 241. The van der Waals surface area contributed by atoms with E-state index in [2.05, 4.69) is 11.3 Å². The molecule has 0 aromatic carbocycles. The summed E-state index contributed by atoms with van der Waals surface area (Å²) in [5.41, 5.74) is 0.313. The van der Waals surface area contributed by atoms with Crippen LogP contribution in [0.1, 0.15) is 6.92 Å². The number of hydrogen-bond donors (Lipinski definition) is 0. The summed E-state index contributed by atoms with van der Waals surface area (Å²) in [6, 6.07) is 0. The van der Waals surface area contributed by atoms with Gasteiger partial charge in [0.1, 0.15) is 0 Å². The highest BCUT2D eigenvalue weighted by molar-refractivity contribution is 5.32. The molecule has 0 aliphatic rings. The van der Waals surface area contributed by atoms with Crippen LogP contribution in [0.25, 0.3) is 0 Å². The molecule has 0 aliphatic heterocycles. The molecule has 66 valence electrons. The Morgan fingerprint density at radius 2 is 2.25 bits per heavy atom. The molecule has 4 nitrogen and oxygen atoms in total. The minimum Gasteiger partial charge on any atom is -0.504 e. The third kappa shape index (κ3) is 3.01. The first-order chi connectivity index (χ1) is 5.63. The molecular weight excluding hydrogens is 158 g/mol. The van der Waals surface area contributed by atoms with Crippen molar-refractivity contribution >= 4 is 0 Å². The third-order valence-corrected chi connectivity index (χ3v) is 1.25. The molecule has 0 fully saturated rings. The lowest BCUT2D eigenvalue weighted by Gasteiger charge is -1.95. The van der Waals surface area contributed by atoms with Gasteiger partial charge in [0.05, 0.1) is 23.9 Å². The highest BCUT2D eigenvalue weighted by Crippen LogP contribution is 2.09. The summed E-state index contributed by atoms with van der Waals surface area (Å²) in [4.78, 5) is 9.72. The van der Waals surface area contributed by atoms with Crippen molar-refractivity contribution in [1.29, 1.82) is 0 Å². The van der Waals surface area contributed by atoms with Crippen LogP contribution in [-0.2, 0) is 4.74 Å². The topological polar surface area (TPSA) is 52.4 Å². The number of ether oxygens (including phenoxy) is 1. The number of rotatable bonds is 4. The van der Waals surface area contributed by atoms with Gasteiger partial charge in [-0.25, -0.2) is 0 Å². The van der Waals surface area contributed by atoms with Gasteiger partial charge in [-0.2, -0.15) is 0 Å². The molecule has 0 saturated carbocycles. The Kier molecular flexibility index (Phi) is 4.45. The molecule has 12 heavy (non-hydrogen) atoms. The second kappa shape index (κ2) is 5.12. The van der Waals surface area contributed by atoms with Gasteiger partial charge >= 0.3 is 0 Å². The van der Waals surface area contributed by atoms with Crippen molar-refractivity contribution in [2.75, 3.05) is 7.11 Å². The van der Waals surface area contributed by atoms with E-state index in [-0.39, 0.29) is 5.70 Å². The molecule has 0 N–H and O–H groups in total. The fourth-order valence-electron chi connectivity index (χ4n) is 0.606. The second-order valence-electron chi connectivity index (χ2n) is 1.99. The van der Waals surface area contributed by atoms with Crippen LogP contribution in [0.5, 0.6) is 0 Å². The molecule has 0 spiro atoms. The molecule has 0 saturated heterocycles. The van der Waals surface area contributed by atoms with Crippen molar-refractivity contribution in [3.05, 3.63) is 46.4 Å². The molecular formula is C8H11NO3. The zero-order chi connectivity index (χ0) is 9.56. The Labute approximate surface area is 71.0 Å². The number of hydrogen-bond acceptors (Lipinski definition) is 3. The van der Waals surface area contributed by atoms with Crippen LogP contribution in [0.3, 0.4) is 0 Å². The third-order valence-electron chi connectivity index (χ3n) is 1.25. The van der Waals surface area contributed by atoms with Crippen molar-refractivity contribution < 1.29 is 9.66 Å². The summed E-state index contributed by atoms with van der Waals surface area (Å²) < 4.78 is 4.62. The van der Waals surface area contributed by atoms with Crippen LogP contribution in [0.2, 0.25) is 0 Å². The molecule has 0 aromatic rings. The van der Waals surface area contributed by atoms with E-state index in [1.165, 1.54) is 19.4 Å². The van der Waals surface area contributed by atoms with Gasteiger partial charge in [0, 0.05) is 0 Å². The molecule has 0 bridgehead atoms. The van der Waals surface area contributed by atoms with Gasteiger partial charge in [-0.15, -0.1) is 0 Å². The molecule has 0 amide bonds. The lowest BCUT2D eigenvalue weighted by molar-refractivity contribution is -0.419. The largest absolute Gasteiger partial charge is 0.504 e. The van der Waals surface area contributed by atoms with E-state index in [4.69, 9.17) is 0 Å². The Morgan fingerprint density at radius 3 is 2.58 bits per heavy atom. The lowest BCUT2D eigenvalue weighted by atomic mass is 10.2. The van der Waals surface area contributed by atoms with E-state index >= 15 is 0 Å². The predicted molar refractivity (Wildman–Crippen MR) is 46.0 cm³/mol. The quantitative estimate of drug-likeness (QED) is 0.279. The summed E-state index contributed by atoms with van der Waals surface area (Å²) >= 11 is 0. The maximum absolute atomic E-state index is 10.3. The van der Waals surface area contributed by atoms with E-state index in [1.807, 2.05) is 0 Å². The molecule has 0 atom stereocenters. The second-order valence-corrected chi connectivity index (χ2v) is 1.99. The molecule has 0 heterocycles. The van der Waals surface area contributed by atoms with E-state index < -0.39 is 4.92 Å². The van der Waals surface area contributed by atoms with Gasteiger partial charge in [-0.1, -0.05) is 6.08 Å². The van der Waals surface area contributed by atoms with Crippen LogP contribution < -0.4 is 0 Å². The first-order valence-corrected chi connectivity index (χ1v) is 3.32. The minimum atomic E-state index is -0.532. The van der Waals surface area contributed by atoms with E-state index in [9.17, 15) is 10.1 Å². The molecule has 0 radical (unpaired) electrons. The zero-order valence-electron chi connectivity index (χ0n) is 7.11. The smallest absolute Gasteiger partial charge is 0.269 e. The van der Waals surface area contributed by atoms with Crippen molar-refractivity contribution in [2.45, 2.75) is 6.92 Å². The molecule has 0 aliphatic carbocycles. The first-order valence-electron chi connectivity index (χ1n) is 3.32. The maximum atomic E-state index is 10.3. The summed E-state index contributed by atoms with van der Waals surface area (Å²) in [6.45, 7) is 5.00. The minimum absolute atomic E-state index is 0.134. The van der Waals surface area contributed by atoms with Crippen LogP contribution in [0, 0.1) is 10.1 Å². The van der Waals surface area contributed by atoms with Gasteiger partial charge in [-0.3, -0.25) is 10.1 Å². The van der Waals surface area contributed by atoms with Crippen molar-refractivity contribution in [3.8, 4) is 0 Å². The van der Waals surface area contributed by atoms with Gasteiger partial charge in [0.15, 0.2) is 0 Å². The average molecular weight is 169 g/mol. The van der Waals surface area contributed by atoms with Crippen LogP contribution in [0.4, 0.5) is 0 Å². The van der Waals surface area contributed by atoms with Crippen molar-refractivity contribution in [1.82, 2.24) is 0 Å². The number of nitrogens with zero attached hydrogens (tertiary/aromatic N) is 1. The lowest BCUT2D eigenvalue weighted by Crippen LogP contribution is -1.98. The maximum Gasteiger partial charge on any atom is 0.269 e. The van der Waals surface area contributed by atoms with Gasteiger partial charge in [0.2, 0.25) is 0 Å². The molecule has 0 aromatic heterocycles. The average Bonchev–Trinajstić information content (AvgIpc) is 2.05. The van der Waals surface area contributed by atoms with Crippen LogP contribution >= 0.6 is 0 Å². The number of nitro groups is 1. The predicted octanol–water partition coefficient (Wildman–Crippen LogP) is 1.88. The van der Waals surface area contributed by atoms with Crippen molar-refractivity contribution in [3.63, 3.8) is 0 Å². The monoisotopic (exact) mass is 169 g/mol. The summed E-state index contributed by atoms with van der Waals surface area (Å²) in [5, 5.41) is 10.3. The fourth-order valence-corrected chi connectivity index (χ4v) is 0.606. The van der Waals surface area contributed by atoms with Crippen molar-refractivity contribution in [2.24, 2.45) is 0 Å². The Hall–Kier alpha value is -1.58. The summed E-state index contributed by atoms with van der Waals surface area (Å²) in [7, 11) is 1.47. The van der Waals surface area contributed by atoms with Gasteiger partial charge in [-0.05, 0) is 19.6 Å². The van der Waals surface area contributed by atoms with Crippen LogP contribution in [-0.4, -0.2) is 12.0 Å². The van der Waals surface area contributed by atoms with Crippen LogP contribution in [0.15, 0.2) is 36.3 Å². The fraction of sp³-hybridized carbons (Fsp3) is 0.250. The molecule has 0 unspecified atom stereocenters. The Balaban J connectivity index is 4.49. The summed E-state index contributed by atoms with van der Waals surface area (Å²) in [6.07, 6.45) is 4.45. The van der Waals surface area contributed by atoms with E-state index in [1.54, 1.807) is 13.0 Å². The SMILES string of the molecule is C=C(C(=C\C)/C=C/OC)[N+](=O)[O-]. The normalized spacial score (nSPS) is 11.7.